The van der Waals surface area contributed by atoms with E-state index in [2.05, 4.69) is 10.00 Å². The van der Waals surface area contributed by atoms with Gasteiger partial charge in [0.05, 0.1) is 17.4 Å². The van der Waals surface area contributed by atoms with Gasteiger partial charge in [-0.2, -0.15) is 5.10 Å². The monoisotopic (exact) mass is 251 g/mol. The zero-order valence-corrected chi connectivity index (χ0v) is 11.2. The molecule has 2 rings (SSSR count). The van der Waals surface area contributed by atoms with Crippen molar-refractivity contribution in [1.82, 2.24) is 9.78 Å². The Labute approximate surface area is 107 Å². The first-order chi connectivity index (χ1) is 8.54. The van der Waals surface area contributed by atoms with E-state index in [1.54, 1.807) is 7.11 Å². The van der Waals surface area contributed by atoms with E-state index in [9.17, 15) is 0 Å². The molecule has 0 atom stereocenters. The SMILES string of the molecule is COC1CCN(c2c(C(=N)N)c(C)nn2C)CC1. The molecule has 1 aromatic rings. The Morgan fingerprint density at radius 1 is 1.44 bits per heavy atom. The summed E-state index contributed by atoms with van der Waals surface area (Å²) in [4.78, 5) is 2.24. The van der Waals surface area contributed by atoms with Crippen LogP contribution in [0.25, 0.3) is 0 Å². The van der Waals surface area contributed by atoms with Crippen molar-refractivity contribution in [2.75, 3.05) is 25.1 Å². The first-order valence-corrected chi connectivity index (χ1v) is 6.20. The Balaban J connectivity index is 2.26. The third-order valence-electron chi connectivity index (χ3n) is 3.54. The first-order valence-electron chi connectivity index (χ1n) is 6.20. The summed E-state index contributed by atoms with van der Waals surface area (Å²) in [5.74, 6) is 1.04. The number of amidine groups is 1. The number of nitrogens with one attached hydrogen (secondary N) is 1. The summed E-state index contributed by atoms with van der Waals surface area (Å²) in [6.07, 6.45) is 2.34. The molecule has 1 aliphatic rings. The van der Waals surface area contributed by atoms with Gasteiger partial charge in [0.25, 0.3) is 0 Å². The molecule has 6 nitrogen and oxygen atoms in total. The van der Waals surface area contributed by atoms with Crippen molar-refractivity contribution < 1.29 is 4.74 Å². The molecule has 1 fully saturated rings. The number of nitrogens with two attached hydrogens (primary N) is 1. The summed E-state index contributed by atoms with van der Waals surface area (Å²) in [6.45, 7) is 3.72. The van der Waals surface area contributed by atoms with E-state index in [4.69, 9.17) is 15.9 Å². The van der Waals surface area contributed by atoms with Crippen molar-refractivity contribution in [2.45, 2.75) is 25.9 Å². The predicted molar refractivity (Wildman–Crippen MR) is 71.2 cm³/mol. The number of aromatic nitrogens is 2. The van der Waals surface area contributed by atoms with Crippen molar-refractivity contribution in [2.24, 2.45) is 12.8 Å². The number of hydrogen-bond acceptors (Lipinski definition) is 4. The van der Waals surface area contributed by atoms with E-state index in [-0.39, 0.29) is 5.84 Å². The second-order valence-corrected chi connectivity index (χ2v) is 4.74. The fourth-order valence-electron chi connectivity index (χ4n) is 2.63. The Hall–Kier alpha value is -1.56. The van der Waals surface area contributed by atoms with Gasteiger partial charge in [0, 0.05) is 27.2 Å². The number of ether oxygens (including phenoxy) is 1. The third-order valence-corrected chi connectivity index (χ3v) is 3.54. The van der Waals surface area contributed by atoms with E-state index in [0.29, 0.717) is 6.10 Å². The van der Waals surface area contributed by atoms with Crippen LogP contribution in [-0.4, -0.2) is 41.9 Å². The van der Waals surface area contributed by atoms with Gasteiger partial charge in [-0.1, -0.05) is 0 Å². The number of piperidine rings is 1. The lowest BCUT2D eigenvalue weighted by Crippen LogP contribution is -2.38. The minimum Gasteiger partial charge on any atom is -0.384 e. The van der Waals surface area contributed by atoms with Gasteiger partial charge in [0.2, 0.25) is 0 Å². The molecule has 0 bridgehead atoms. The molecular formula is C12H21N5O. The van der Waals surface area contributed by atoms with Gasteiger partial charge in [-0.05, 0) is 19.8 Å². The highest BCUT2D eigenvalue weighted by atomic mass is 16.5. The molecule has 6 heteroatoms. The molecule has 0 spiro atoms. The van der Waals surface area contributed by atoms with Crippen LogP contribution in [0.5, 0.6) is 0 Å². The molecule has 0 amide bonds. The highest BCUT2D eigenvalue weighted by Crippen LogP contribution is 2.26. The number of methoxy groups -OCH3 is 1. The quantitative estimate of drug-likeness (QED) is 0.610. The van der Waals surface area contributed by atoms with Gasteiger partial charge >= 0.3 is 0 Å². The maximum Gasteiger partial charge on any atom is 0.137 e. The van der Waals surface area contributed by atoms with Gasteiger partial charge in [-0.3, -0.25) is 10.1 Å². The minimum atomic E-state index is 0.0875. The second-order valence-electron chi connectivity index (χ2n) is 4.74. The molecule has 0 aliphatic carbocycles. The zero-order chi connectivity index (χ0) is 13.3. The fraction of sp³-hybridized carbons (Fsp3) is 0.667. The van der Waals surface area contributed by atoms with Crippen LogP contribution < -0.4 is 10.6 Å². The van der Waals surface area contributed by atoms with E-state index < -0.39 is 0 Å². The molecule has 18 heavy (non-hydrogen) atoms. The summed E-state index contributed by atoms with van der Waals surface area (Å²) in [6, 6.07) is 0. The fourth-order valence-corrected chi connectivity index (χ4v) is 2.63. The van der Waals surface area contributed by atoms with Crippen LogP contribution in [0.1, 0.15) is 24.1 Å². The molecule has 100 valence electrons. The van der Waals surface area contributed by atoms with Gasteiger partial charge in [-0.25, -0.2) is 0 Å². The maximum atomic E-state index is 7.70. The Kier molecular flexibility index (Phi) is 3.56. The molecule has 3 N–H and O–H groups in total. The topological polar surface area (TPSA) is 80.2 Å². The van der Waals surface area contributed by atoms with E-state index in [1.807, 2.05) is 18.7 Å². The molecule has 1 aromatic heterocycles. The summed E-state index contributed by atoms with van der Waals surface area (Å²) < 4.78 is 7.19. The summed E-state index contributed by atoms with van der Waals surface area (Å²) >= 11 is 0. The van der Waals surface area contributed by atoms with Gasteiger partial charge in [0.1, 0.15) is 11.7 Å². The first kappa shape index (κ1) is 12.9. The van der Waals surface area contributed by atoms with Crippen LogP contribution >= 0.6 is 0 Å². The smallest absolute Gasteiger partial charge is 0.137 e. The molecule has 1 saturated heterocycles. The average Bonchev–Trinajstić information content (AvgIpc) is 2.64. The molecule has 0 aromatic carbocycles. The van der Waals surface area contributed by atoms with Crippen molar-refractivity contribution in [1.29, 1.82) is 5.41 Å². The summed E-state index contributed by atoms with van der Waals surface area (Å²) in [5.41, 5.74) is 7.24. The van der Waals surface area contributed by atoms with Crippen LogP contribution in [0, 0.1) is 12.3 Å². The van der Waals surface area contributed by atoms with E-state index >= 15 is 0 Å². The van der Waals surface area contributed by atoms with Gasteiger partial charge in [0.15, 0.2) is 0 Å². The van der Waals surface area contributed by atoms with Crippen LogP contribution in [0.15, 0.2) is 0 Å². The maximum absolute atomic E-state index is 7.70. The lowest BCUT2D eigenvalue weighted by atomic mass is 10.1. The minimum absolute atomic E-state index is 0.0875. The highest BCUT2D eigenvalue weighted by molar-refractivity contribution is 6.00. The molecule has 0 unspecified atom stereocenters. The highest BCUT2D eigenvalue weighted by Gasteiger charge is 2.25. The Bertz CT molecular complexity index is 446. The lowest BCUT2D eigenvalue weighted by molar-refractivity contribution is 0.0816. The van der Waals surface area contributed by atoms with Crippen molar-refractivity contribution >= 4 is 11.7 Å². The molecule has 1 aliphatic heterocycles. The second kappa shape index (κ2) is 4.97. The number of nitrogen functional groups attached to an aromatic ring is 1. The van der Waals surface area contributed by atoms with Gasteiger partial charge in [-0.15, -0.1) is 0 Å². The lowest BCUT2D eigenvalue weighted by Gasteiger charge is -2.33. The molecule has 2 heterocycles. The standard InChI is InChI=1S/C12H21N5O/c1-8-10(11(13)14)12(16(2)15-8)17-6-4-9(18-3)5-7-17/h9H,4-7H2,1-3H3,(H3,13,14). The predicted octanol–water partition coefficient (Wildman–Crippen LogP) is 0.628. The largest absolute Gasteiger partial charge is 0.384 e. The summed E-state index contributed by atoms with van der Waals surface area (Å²) in [7, 11) is 3.66. The van der Waals surface area contributed by atoms with Crippen LogP contribution in [-0.2, 0) is 11.8 Å². The van der Waals surface area contributed by atoms with E-state index in [0.717, 1.165) is 43.0 Å². The third kappa shape index (κ3) is 2.20. The van der Waals surface area contributed by atoms with Gasteiger partial charge < -0.3 is 15.4 Å². The number of nitrogens with zero attached hydrogens (tertiary/aromatic N) is 3. The molecular weight excluding hydrogens is 230 g/mol. The van der Waals surface area contributed by atoms with Crippen molar-refractivity contribution in [3.63, 3.8) is 0 Å². The molecule has 0 saturated carbocycles. The van der Waals surface area contributed by atoms with Crippen LogP contribution in [0.4, 0.5) is 5.82 Å². The van der Waals surface area contributed by atoms with Crippen molar-refractivity contribution in [3.8, 4) is 0 Å². The Morgan fingerprint density at radius 3 is 2.56 bits per heavy atom. The summed E-state index contributed by atoms with van der Waals surface area (Å²) in [5, 5.41) is 12.1. The van der Waals surface area contributed by atoms with Crippen LogP contribution in [0.3, 0.4) is 0 Å². The Morgan fingerprint density at radius 2 is 2.06 bits per heavy atom. The number of aryl methyl sites for hydroxylation is 2. The average molecular weight is 251 g/mol. The van der Waals surface area contributed by atoms with Crippen molar-refractivity contribution in [3.05, 3.63) is 11.3 Å². The van der Waals surface area contributed by atoms with E-state index in [1.165, 1.54) is 0 Å². The number of hydrogen-bond donors (Lipinski definition) is 2. The number of rotatable bonds is 3. The zero-order valence-electron chi connectivity index (χ0n) is 11.2. The molecule has 0 radical (unpaired) electrons. The normalized spacial score (nSPS) is 17.2. The number of anilines is 1. The van der Waals surface area contributed by atoms with Crippen LogP contribution in [0.2, 0.25) is 0 Å².